The zero-order chi connectivity index (χ0) is 12.3. The topological polar surface area (TPSA) is 53.1 Å². The molecule has 1 heterocycles. The van der Waals surface area contributed by atoms with Crippen molar-refractivity contribution in [2.45, 2.75) is 13.3 Å². The monoisotopic (exact) mass is 231 g/mol. The van der Waals surface area contributed by atoms with Gasteiger partial charge in [0.1, 0.15) is 5.75 Å². The van der Waals surface area contributed by atoms with Crippen molar-refractivity contribution in [2.75, 3.05) is 12.3 Å². The number of ether oxygens (including phenoxy) is 1. The molecular weight excluding hydrogens is 214 g/mol. The van der Waals surface area contributed by atoms with Crippen molar-refractivity contribution in [1.82, 2.24) is 9.78 Å². The molecule has 0 unspecified atom stereocenters. The normalized spacial score (nSPS) is 10.5. The first-order chi connectivity index (χ1) is 8.16. The van der Waals surface area contributed by atoms with Crippen LogP contribution in [0.1, 0.15) is 11.3 Å². The third kappa shape index (κ3) is 2.78. The van der Waals surface area contributed by atoms with E-state index in [1.165, 1.54) is 0 Å². The molecule has 0 atom stereocenters. The van der Waals surface area contributed by atoms with E-state index in [4.69, 9.17) is 10.5 Å². The Morgan fingerprint density at radius 2 is 2.18 bits per heavy atom. The number of nitrogens with two attached hydrogens (primary N) is 1. The number of aryl methyl sites for hydroxylation is 2. The Balaban J connectivity index is 1.94. The molecule has 0 bridgehead atoms. The molecule has 2 rings (SSSR count). The van der Waals surface area contributed by atoms with Crippen LogP contribution >= 0.6 is 0 Å². The standard InChI is InChI=1S/C13H17N3O/c1-10-3-4-11(14)9-13(10)17-8-6-12-5-7-15-16(12)2/h3-5,7,9H,6,8,14H2,1-2H3. The van der Waals surface area contributed by atoms with Gasteiger partial charge in [0.25, 0.3) is 0 Å². The van der Waals surface area contributed by atoms with Gasteiger partial charge in [-0.2, -0.15) is 5.10 Å². The Labute approximate surface area is 101 Å². The van der Waals surface area contributed by atoms with Crippen molar-refractivity contribution in [3.05, 3.63) is 41.7 Å². The van der Waals surface area contributed by atoms with Crippen LogP contribution in [0.2, 0.25) is 0 Å². The van der Waals surface area contributed by atoms with E-state index in [1.54, 1.807) is 6.20 Å². The first-order valence-corrected chi connectivity index (χ1v) is 5.62. The highest BCUT2D eigenvalue weighted by atomic mass is 16.5. The first kappa shape index (κ1) is 11.5. The second kappa shape index (κ2) is 4.91. The van der Waals surface area contributed by atoms with E-state index in [0.717, 1.165) is 29.1 Å². The second-order valence-corrected chi connectivity index (χ2v) is 4.07. The fourth-order valence-electron chi connectivity index (χ4n) is 1.68. The molecule has 0 radical (unpaired) electrons. The Bertz CT molecular complexity index is 505. The molecule has 0 saturated carbocycles. The minimum absolute atomic E-state index is 0.629. The second-order valence-electron chi connectivity index (χ2n) is 4.07. The zero-order valence-corrected chi connectivity index (χ0v) is 10.2. The molecule has 2 aromatic rings. The van der Waals surface area contributed by atoms with E-state index >= 15 is 0 Å². The molecule has 0 aliphatic rings. The van der Waals surface area contributed by atoms with Gasteiger partial charge >= 0.3 is 0 Å². The van der Waals surface area contributed by atoms with E-state index in [2.05, 4.69) is 5.10 Å². The van der Waals surface area contributed by atoms with Crippen molar-refractivity contribution in [2.24, 2.45) is 7.05 Å². The first-order valence-electron chi connectivity index (χ1n) is 5.62. The maximum Gasteiger partial charge on any atom is 0.124 e. The maximum absolute atomic E-state index is 5.72. The van der Waals surface area contributed by atoms with Crippen LogP contribution in [0, 0.1) is 6.92 Å². The van der Waals surface area contributed by atoms with Crippen LogP contribution in [-0.4, -0.2) is 16.4 Å². The summed E-state index contributed by atoms with van der Waals surface area (Å²) in [6.45, 7) is 2.64. The molecule has 0 amide bonds. The SMILES string of the molecule is Cc1ccc(N)cc1OCCc1ccnn1C. The summed E-state index contributed by atoms with van der Waals surface area (Å²) in [5.41, 5.74) is 8.71. The number of rotatable bonds is 4. The minimum Gasteiger partial charge on any atom is -0.493 e. The molecule has 0 aliphatic carbocycles. The van der Waals surface area contributed by atoms with Crippen molar-refractivity contribution in [3.8, 4) is 5.75 Å². The highest BCUT2D eigenvalue weighted by Crippen LogP contribution is 2.20. The largest absolute Gasteiger partial charge is 0.493 e. The van der Waals surface area contributed by atoms with Gasteiger partial charge in [-0.15, -0.1) is 0 Å². The van der Waals surface area contributed by atoms with Crippen LogP contribution in [-0.2, 0) is 13.5 Å². The van der Waals surface area contributed by atoms with Gasteiger partial charge in [-0.25, -0.2) is 0 Å². The minimum atomic E-state index is 0.629. The Morgan fingerprint density at radius 1 is 1.35 bits per heavy atom. The van der Waals surface area contributed by atoms with Crippen LogP contribution in [0.5, 0.6) is 5.75 Å². The lowest BCUT2D eigenvalue weighted by Crippen LogP contribution is -2.06. The van der Waals surface area contributed by atoms with Gasteiger partial charge in [-0.05, 0) is 24.6 Å². The van der Waals surface area contributed by atoms with E-state index in [-0.39, 0.29) is 0 Å². The van der Waals surface area contributed by atoms with E-state index < -0.39 is 0 Å². The summed E-state index contributed by atoms with van der Waals surface area (Å²) in [6.07, 6.45) is 2.63. The Morgan fingerprint density at radius 3 is 2.88 bits per heavy atom. The molecule has 0 saturated heterocycles. The van der Waals surface area contributed by atoms with E-state index in [0.29, 0.717) is 6.61 Å². The summed E-state index contributed by atoms with van der Waals surface area (Å²) in [5, 5.41) is 4.12. The lowest BCUT2D eigenvalue weighted by molar-refractivity contribution is 0.316. The fraction of sp³-hybridized carbons (Fsp3) is 0.308. The number of hydrogen-bond acceptors (Lipinski definition) is 3. The molecule has 0 fully saturated rings. The van der Waals surface area contributed by atoms with Crippen LogP contribution in [0.25, 0.3) is 0 Å². The van der Waals surface area contributed by atoms with E-state index in [1.807, 2.05) is 42.9 Å². The highest BCUT2D eigenvalue weighted by Gasteiger charge is 2.02. The lowest BCUT2D eigenvalue weighted by atomic mass is 10.2. The summed E-state index contributed by atoms with van der Waals surface area (Å²) in [7, 11) is 1.93. The Kier molecular flexibility index (Phi) is 3.32. The molecule has 0 spiro atoms. The average molecular weight is 231 g/mol. The predicted octanol–water partition coefficient (Wildman–Crippen LogP) is 1.93. The Hall–Kier alpha value is -1.97. The van der Waals surface area contributed by atoms with E-state index in [9.17, 15) is 0 Å². The van der Waals surface area contributed by atoms with Gasteiger partial charge in [0, 0.05) is 37.1 Å². The molecule has 4 heteroatoms. The number of aromatic nitrogens is 2. The van der Waals surface area contributed by atoms with Crippen LogP contribution < -0.4 is 10.5 Å². The average Bonchev–Trinajstić information content (AvgIpc) is 2.70. The molecule has 90 valence electrons. The van der Waals surface area contributed by atoms with Gasteiger partial charge in [0.2, 0.25) is 0 Å². The smallest absolute Gasteiger partial charge is 0.124 e. The number of nitrogens with zero attached hydrogens (tertiary/aromatic N) is 2. The third-order valence-corrected chi connectivity index (χ3v) is 2.75. The van der Waals surface area contributed by atoms with Crippen LogP contribution in [0.3, 0.4) is 0 Å². The fourth-order valence-corrected chi connectivity index (χ4v) is 1.68. The third-order valence-electron chi connectivity index (χ3n) is 2.75. The predicted molar refractivity (Wildman–Crippen MR) is 68.0 cm³/mol. The maximum atomic E-state index is 5.72. The number of anilines is 1. The van der Waals surface area contributed by atoms with Crippen molar-refractivity contribution >= 4 is 5.69 Å². The van der Waals surface area contributed by atoms with Gasteiger partial charge < -0.3 is 10.5 Å². The summed E-state index contributed by atoms with van der Waals surface area (Å²) in [6, 6.07) is 7.70. The zero-order valence-electron chi connectivity index (χ0n) is 10.2. The highest BCUT2D eigenvalue weighted by molar-refractivity contribution is 5.47. The molecule has 17 heavy (non-hydrogen) atoms. The van der Waals surface area contributed by atoms with Crippen molar-refractivity contribution in [1.29, 1.82) is 0 Å². The summed E-state index contributed by atoms with van der Waals surface area (Å²) in [4.78, 5) is 0. The molecule has 1 aromatic carbocycles. The molecule has 0 aliphatic heterocycles. The molecule has 4 nitrogen and oxygen atoms in total. The quantitative estimate of drug-likeness (QED) is 0.818. The summed E-state index contributed by atoms with van der Waals surface area (Å²) >= 11 is 0. The van der Waals surface area contributed by atoms with Gasteiger partial charge in [0.05, 0.1) is 6.61 Å². The number of hydrogen-bond donors (Lipinski definition) is 1. The number of benzene rings is 1. The summed E-state index contributed by atoms with van der Waals surface area (Å²) in [5.74, 6) is 0.854. The molecule has 1 aromatic heterocycles. The van der Waals surface area contributed by atoms with Crippen LogP contribution in [0.4, 0.5) is 5.69 Å². The van der Waals surface area contributed by atoms with Crippen molar-refractivity contribution in [3.63, 3.8) is 0 Å². The van der Waals surface area contributed by atoms with Crippen molar-refractivity contribution < 1.29 is 4.74 Å². The van der Waals surface area contributed by atoms with Gasteiger partial charge in [0.15, 0.2) is 0 Å². The number of nitrogen functional groups attached to an aromatic ring is 1. The van der Waals surface area contributed by atoms with Gasteiger partial charge in [-0.1, -0.05) is 6.07 Å². The molecule has 2 N–H and O–H groups in total. The lowest BCUT2D eigenvalue weighted by Gasteiger charge is -2.09. The van der Waals surface area contributed by atoms with Crippen LogP contribution in [0.15, 0.2) is 30.5 Å². The molecular formula is C13H17N3O. The van der Waals surface area contributed by atoms with Gasteiger partial charge in [-0.3, -0.25) is 4.68 Å². The summed E-state index contributed by atoms with van der Waals surface area (Å²) < 4.78 is 7.58.